The van der Waals surface area contributed by atoms with E-state index in [2.05, 4.69) is 13.5 Å². The Morgan fingerprint density at radius 1 is 1.64 bits per heavy atom. The molecule has 0 aliphatic carbocycles. The van der Waals surface area contributed by atoms with Crippen LogP contribution in [0, 0.1) is 5.92 Å². The van der Waals surface area contributed by atoms with E-state index >= 15 is 0 Å². The van der Waals surface area contributed by atoms with Gasteiger partial charge in [0.1, 0.15) is 0 Å². The van der Waals surface area contributed by atoms with Gasteiger partial charge in [0.25, 0.3) is 0 Å². The molecule has 0 spiro atoms. The lowest BCUT2D eigenvalue weighted by atomic mass is 10.0. The van der Waals surface area contributed by atoms with E-state index in [9.17, 15) is 4.79 Å². The van der Waals surface area contributed by atoms with Crippen LogP contribution < -0.4 is 0 Å². The maximum absolute atomic E-state index is 11.8. The van der Waals surface area contributed by atoms with E-state index in [0.717, 1.165) is 12.8 Å². The van der Waals surface area contributed by atoms with E-state index in [4.69, 9.17) is 5.11 Å². The average Bonchev–Trinajstić information content (AvgIpc) is 2.17. The Balaban J connectivity index is 4.18. The third kappa shape index (κ3) is 4.42. The minimum Gasteiger partial charge on any atom is -0.395 e. The molecule has 0 aliphatic heterocycles. The molecular formula is C11H21NO2. The molecule has 1 N–H and O–H groups in total. The first-order valence-electron chi connectivity index (χ1n) is 5.17. The van der Waals surface area contributed by atoms with Gasteiger partial charge >= 0.3 is 0 Å². The Hall–Kier alpha value is -0.830. The van der Waals surface area contributed by atoms with Crippen LogP contribution in [-0.4, -0.2) is 35.6 Å². The van der Waals surface area contributed by atoms with Crippen molar-refractivity contribution in [3.8, 4) is 0 Å². The predicted octanol–water partition coefficient (Wildman–Crippen LogP) is 1.43. The second kappa shape index (κ2) is 7.56. The van der Waals surface area contributed by atoms with E-state index in [1.54, 1.807) is 11.0 Å². The second-order valence-corrected chi connectivity index (χ2v) is 3.49. The fraction of sp³-hybridized carbons (Fsp3) is 0.727. The molecular weight excluding hydrogens is 178 g/mol. The van der Waals surface area contributed by atoms with E-state index in [1.807, 2.05) is 6.92 Å². The quantitative estimate of drug-likeness (QED) is 0.630. The molecule has 0 aromatic rings. The molecule has 14 heavy (non-hydrogen) atoms. The van der Waals surface area contributed by atoms with Crippen LogP contribution in [0.1, 0.15) is 26.7 Å². The highest BCUT2D eigenvalue weighted by Gasteiger charge is 2.17. The lowest BCUT2D eigenvalue weighted by Crippen LogP contribution is -2.37. The van der Waals surface area contributed by atoms with Crippen molar-refractivity contribution in [1.82, 2.24) is 4.90 Å². The molecule has 0 fully saturated rings. The summed E-state index contributed by atoms with van der Waals surface area (Å²) in [7, 11) is 0. The van der Waals surface area contributed by atoms with E-state index < -0.39 is 0 Å². The van der Waals surface area contributed by atoms with E-state index in [1.165, 1.54) is 0 Å². The Morgan fingerprint density at radius 2 is 2.29 bits per heavy atom. The molecule has 0 bridgehead atoms. The summed E-state index contributed by atoms with van der Waals surface area (Å²) in [6.45, 7) is 8.52. The SMILES string of the molecule is C=CCN(CCO)C(=O)C(C)CCC. The van der Waals surface area contributed by atoms with Crippen LogP contribution in [-0.2, 0) is 4.79 Å². The minimum absolute atomic E-state index is 0.0123. The number of hydrogen-bond acceptors (Lipinski definition) is 2. The van der Waals surface area contributed by atoms with Gasteiger partial charge in [-0.3, -0.25) is 4.79 Å². The molecule has 1 amide bonds. The van der Waals surface area contributed by atoms with Gasteiger partial charge in [0, 0.05) is 19.0 Å². The number of nitrogens with zero attached hydrogens (tertiary/aromatic N) is 1. The standard InChI is InChI=1S/C11H21NO2/c1-4-6-10(3)11(14)12(7-5-2)8-9-13/h5,10,13H,2,4,6-9H2,1,3H3. The zero-order valence-corrected chi connectivity index (χ0v) is 9.20. The molecule has 0 saturated carbocycles. The van der Waals surface area contributed by atoms with Gasteiger partial charge in [-0.2, -0.15) is 0 Å². The summed E-state index contributed by atoms with van der Waals surface area (Å²) in [5.41, 5.74) is 0. The summed E-state index contributed by atoms with van der Waals surface area (Å²) in [6, 6.07) is 0. The lowest BCUT2D eigenvalue weighted by molar-refractivity contribution is -0.135. The van der Waals surface area contributed by atoms with Crippen LogP contribution in [0.4, 0.5) is 0 Å². The highest BCUT2D eigenvalue weighted by atomic mass is 16.3. The number of carbonyl (C=O) groups is 1. The average molecular weight is 199 g/mol. The van der Waals surface area contributed by atoms with Crippen molar-refractivity contribution in [2.24, 2.45) is 5.92 Å². The monoisotopic (exact) mass is 199 g/mol. The van der Waals surface area contributed by atoms with Gasteiger partial charge < -0.3 is 10.0 Å². The van der Waals surface area contributed by atoms with Gasteiger partial charge in [0.2, 0.25) is 5.91 Å². The molecule has 0 aromatic heterocycles. The molecule has 3 nitrogen and oxygen atoms in total. The van der Waals surface area contributed by atoms with E-state index in [-0.39, 0.29) is 18.4 Å². The summed E-state index contributed by atoms with van der Waals surface area (Å²) in [4.78, 5) is 13.4. The molecule has 0 aliphatic rings. The first kappa shape index (κ1) is 13.2. The maximum atomic E-state index is 11.8. The Bertz CT molecular complexity index is 180. The van der Waals surface area contributed by atoms with Gasteiger partial charge in [0.05, 0.1) is 6.61 Å². The van der Waals surface area contributed by atoms with Crippen molar-refractivity contribution in [3.05, 3.63) is 12.7 Å². The predicted molar refractivity (Wildman–Crippen MR) is 57.9 cm³/mol. The molecule has 0 radical (unpaired) electrons. The number of amides is 1. The summed E-state index contributed by atoms with van der Waals surface area (Å²) in [5, 5.41) is 8.80. The number of hydrogen-bond donors (Lipinski definition) is 1. The number of rotatable bonds is 7. The number of carbonyl (C=O) groups excluding carboxylic acids is 1. The molecule has 0 heterocycles. The van der Waals surface area contributed by atoms with Crippen LogP contribution in [0.5, 0.6) is 0 Å². The van der Waals surface area contributed by atoms with Gasteiger partial charge in [-0.15, -0.1) is 6.58 Å². The first-order valence-corrected chi connectivity index (χ1v) is 5.17. The summed E-state index contributed by atoms with van der Waals surface area (Å²) < 4.78 is 0. The van der Waals surface area contributed by atoms with Gasteiger partial charge in [-0.05, 0) is 6.42 Å². The smallest absolute Gasteiger partial charge is 0.225 e. The minimum atomic E-state index is 0.0123. The third-order valence-electron chi connectivity index (χ3n) is 2.17. The Morgan fingerprint density at radius 3 is 2.71 bits per heavy atom. The van der Waals surface area contributed by atoms with Crippen molar-refractivity contribution in [1.29, 1.82) is 0 Å². The molecule has 1 unspecified atom stereocenters. The molecule has 0 saturated heterocycles. The topological polar surface area (TPSA) is 40.5 Å². The third-order valence-corrected chi connectivity index (χ3v) is 2.17. The Labute approximate surface area is 86.4 Å². The normalized spacial score (nSPS) is 12.2. The molecule has 1 atom stereocenters. The highest BCUT2D eigenvalue weighted by molar-refractivity contribution is 5.78. The van der Waals surface area contributed by atoms with Gasteiger partial charge in [-0.1, -0.05) is 26.3 Å². The zero-order valence-electron chi connectivity index (χ0n) is 9.20. The Kier molecular flexibility index (Phi) is 7.11. The fourth-order valence-corrected chi connectivity index (χ4v) is 1.44. The summed E-state index contributed by atoms with van der Waals surface area (Å²) >= 11 is 0. The van der Waals surface area contributed by atoms with Gasteiger partial charge in [0.15, 0.2) is 0 Å². The van der Waals surface area contributed by atoms with Crippen LogP contribution in [0.25, 0.3) is 0 Å². The van der Waals surface area contributed by atoms with Crippen LogP contribution in [0.3, 0.4) is 0 Å². The van der Waals surface area contributed by atoms with Crippen molar-refractivity contribution in [2.45, 2.75) is 26.7 Å². The lowest BCUT2D eigenvalue weighted by Gasteiger charge is -2.23. The van der Waals surface area contributed by atoms with Crippen molar-refractivity contribution in [2.75, 3.05) is 19.7 Å². The van der Waals surface area contributed by atoms with Crippen molar-refractivity contribution in [3.63, 3.8) is 0 Å². The molecule has 0 rings (SSSR count). The van der Waals surface area contributed by atoms with Crippen molar-refractivity contribution < 1.29 is 9.90 Å². The largest absolute Gasteiger partial charge is 0.395 e. The van der Waals surface area contributed by atoms with Crippen LogP contribution in [0.15, 0.2) is 12.7 Å². The van der Waals surface area contributed by atoms with Crippen LogP contribution >= 0.6 is 0 Å². The van der Waals surface area contributed by atoms with Crippen molar-refractivity contribution >= 4 is 5.91 Å². The molecule has 3 heteroatoms. The number of aliphatic hydroxyl groups excluding tert-OH is 1. The zero-order chi connectivity index (χ0) is 11.0. The van der Waals surface area contributed by atoms with E-state index in [0.29, 0.717) is 13.1 Å². The summed E-state index contributed by atoms with van der Waals surface area (Å²) in [5.74, 6) is 0.160. The molecule has 0 aromatic carbocycles. The number of aliphatic hydroxyl groups is 1. The maximum Gasteiger partial charge on any atom is 0.225 e. The van der Waals surface area contributed by atoms with Gasteiger partial charge in [-0.25, -0.2) is 0 Å². The fourth-order valence-electron chi connectivity index (χ4n) is 1.44. The first-order chi connectivity index (χ1) is 6.67. The van der Waals surface area contributed by atoms with Crippen LogP contribution in [0.2, 0.25) is 0 Å². The second-order valence-electron chi connectivity index (χ2n) is 3.49. The highest BCUT2D eigenvalue weighted by Crippen LogP contribution is 2.09. The summed E-state index contributed by atoms with van der Waals surface area (Å²) in [6.07, 6.45) is 3.60. The molecule has 82 valence electrons.